The lowest BCUT2D eigenvalue weighted by Gasteiger charge is -2.26. The van der Waals surface area contributed by atoms with E-state index in [0.717, 1.165) is 5.82 Å². The van der Waals surface area contributed by atoms with Crippen molar-refractivity contribution in [2.45, 2.75) is 98.3 Å². The number of hydrogen-bond donors (Lipinski definition) is 1. The Morgan fingerprint density at radius 2 is 1.67 bits per heavy atom. The molecule has 0 saturated carbocycles. The number of aromatic nitrogens is 2. The van der Waals surface area contributed by atoms with Gasteiger partial charge in [-0.2, -0.15) is 0 Å². The molecule has 0 bridgehead atoms. The predicted molar refractivity (Wildman–Crippen MR) is 93.1 cm³/mol. The lowest BCUT2D eigenvalue weighted by Crippen LogP contribution is -2.21. The van der Waals surface area contributed by atoms with Crippen LogP contribution in [0.1, 0.15) is 110 Å². The lowest BCUT2D eigenvalue weighted by atomic mass is 9.79. The van der Waals surface area contributed by atoms with E-state index in [0.29, 0.717) is 17.8 Å². The van der Waals surface area contributed by atoms with Gasteiger partial charge in [-0.1, -0.05) is 74.7 Å². The van der Waals surface area contributed by atoms with Gasteiger partial charge < -0.3 is 4.98 Å². The second-order valence-corrected chi connectivity index (χ2v) is 7.91. The summed E-state index contributed by atoms with van der Waals surface area (Å²) < 4.78 is 0. The molecule has 0 aliphatic heterocycles. The second-order valence-electron chi connectivity index (χ2n) is 7.91. The fraction of sp³-hybridized carbons (Fsp3) is 0.842. The molecule has 0 radical (unpaired) electrons. The smallest absolute Gasteiger partial charge is 0.109 e. The molecule has 1 aromatic rings. The maximum Gasteiger partial charge on any atom is 0.109 e. The SMILES string of the molecule is CCCCCC(C)(C)c1nc(C(C)C)[nH]c1C(C)C(C)C. The summed E-state index contributed by atoms with van der Waals surface area (Å²) in [4.78, 5) is 8.66. The maximum absolute atomic E-state index is 5.01. The van der Waals surface area contributed by atoms with Crippen LogP contribution in [0.25, 0.3) is 0 Å². The summed E-state index contributed by atoms with van der Waals surface area (Å²) in [6, 6.07) is 0. The highest BCUT2D eigenvalue weighted by Gasteiger charge is 2.30. The molecule has 0 saturated heterocycles. The van der Waals surface area contributed by atoms with Gasteiger partial charge in [0.2, 0.25) is 0 Å². The van der Waals surface area contributed by atoms with Gasteiger partial charge in [-0.15, -0.1) is 0 Å². The molecule has 2 nitrogen and oxygen atoms in total. The number of unbranched alkanes of at least 4 members (excludes halogenated alkanes) is 2. The van der Waals surface area contributed by atoms with Crippen LogP contribution >= 0.6 is 0 Å². The Balaban J connectivity index is 3.13. The fourth-order valence-electron chi connectivity index (χ4n) is 2.79. The zero-order chi connectivity index (χ0) is 16.2. The number of nitrogens with one attached hydrogen (secondary N) is 1. The standard InChI is InChI=1S/C19H36N2/c1-9-10-11-12-19(7,8)17-16(15(6)13(2)3)20-18(21-17)14(4)5/h13-15H,9-12H2,1-8H3,(H,20,21). The highest BCUT2D eigenvalue weighted by atomic mass is 15.0. The molecule has 2 heteroatoms. The van der Waals surface area contributed by atoms with Crippen LogP contribution in [0.15, 0.2) is 0 Å². The monoisotopic (exact) mass is 292 g/mol. The van der Waals surface area contributed by atoms with Crippen molar-refractivity contribution in [3.8, 4) is 0 Å². The van der Waals surface area contributed by atoms with Crippen molar-refractivity contribution in [1.29, 1.82) is 0 Å². The van der Waals surface area contributed by atoms with E-state index in [1.807, 2.05) is 0 Å². The van der Waals surface area contributed by atoms with Gasteiger partial charge in [0.15, 0.2) is 0 Å². The molecule has 1 heterocycles. The largest absolute Gasteiger partial charge is 0.345 e. The molecule has 1 N–H and O–H groups in total. The zero-order valence-electron chi connectivity index (χ0n) is 15.5. The molecule has 1 unspecified atom stereocenters. The van der Waals surface area contributed by atoms with Gasteiger partial charge in [0, 0.05) is 22.9 Å². The Hall–Kier alpha value is -0.790. The highest BCUT2D eigenvalue weighted by molar-refractivity contribution is 5.27. The Labute approximate surface area is 132 Å². The van der Waals surface area contributed by atoms with Gasteiger partial charge in [-0.05, 0) is 12.3 Å². The van der Waals surface area contributed by atoms with Crippen molar-refractivity contribution in [3.05, 3.63) is 17.2 Å². The molecule has 1 aromatic heterocycles. The summed E-state index contributed by atoms with van der Waals surface area (Å²) in [7, 11) is 0. The first-order valence-electron chi connectivity index (χ1n) is 8.81. The van der Waals surface area contributed by atoms with Crippen LogP contribution in [0.4, 0.5) is 0 Å². The minimum absolute atomic E-state index is 0.164. The van der Waals surface area contributed by atoms with Crippen LogP contribution in [-0.2, 0) is 5.41 Å². The molecular weight excluding hydrogens is 256 g/mol. The average molecular weight is 293 g/mol. The van der Waals surface area contributed by atoms with Crippen LogP contribution < -0.4 is 0 Å². The summed E-state index contributed by atoms with van der Waals surface area (Å²) in [6.45, 7) is 18.4. The van der Waals surface area contributed by atoms with E-state index in [2.05, 4.69) is 60.4 Å². The molecule has 122 valence electrons. The number of imidazole rings is 1. The number of rotatable bonds is 8. The highest BCUT2D eigenvalue weighted by Crippen LogP contribution is 2.36. The van der Waals surface area contributed by atoms with E-state index in [4.69, 9.17) is 4.98 Å². The number of hydrogen-bond acceptors (Lipinski definition) is 1. The van der Waals surface area contributed by atoms with Crippen molar-refractivity contribution in [3.63, 3.8) is 0 Å². The Morgan fingerprint density at radius 1 is 1.05 bits per heavy atom. The predicted octanol–water partition coefficient (Wildman–Crippen LogP) is 6.15. The Kier molecular flexibility index (Phi) is 6.49. The summed E-state index contributed by atoms with van der Waals surface area (Å²) >= 11 is 0. The van der Waals surface area contributed by atoms with Gasteiger partial charge in [0.1, 0.15) is 5.82 Å². The molecule has 1 rings (SSSR count). The van der Waals surface area contributed by atoms with Crippen LogP contribution in [-0.4, -0.2) is 9.97 Å². The molecule has 0 aliphatic carbocycles. The lowest BCUT2D eigenvalue weighted by molar-refractivity contribution is 0.425. The van der Waals surface area contributed by atoms with Crippen molar-refractivity contribution < 1.29 is 0 Å². The van der Waals surface area contributed by atoms with E-state index in [1.54, 1.807) is 0 Å². The minimum Gasteiger partial charge on any atom is -0.345 e. The summed E-state index contributed by atoms with van der Waals surface area (Å²) in [5.41, 5.74) is 2.84. The summed E-state index contributed by atoms with van der Waals surface area (Å²) in [5, 5.41) is 0. The first kappa shape index (κ1) is 18.3. The van der Waals surface area contributed by atoms with Crippen molar-refractivity contribution in [1.82, 2.24) is 9.97 Å². The van der Waals surface area contributed by atoms with Crippen molar-refractivity contribution in [2.24, 2.45) is 5.92 Å². The summed E-state index contributed by atoms with van der Waals surface area (Å²) in [5.74, 6) is 2.78. The average Bonchev–Trinajstić information content (AvgIpc) is 2.83. The molecule has 1 atom stereocenters. The van der Waals surface area contributed by atoms with Gasteiger partial charge in [-0.3, -0.25) is 0 Å². The van der Waals surface area contributed by atoms with Gasteiger partial charge in [0.25, 0.3) is 0 Å². The first-order valence-corrected chi connectivity index (χ1v) is 8.81. The summed E-state index contributed by atoms with van der Waals surface area (Å²) in [6.07, 6.45) is 5.12. The second kappa shape index (κ2) is 7.47. The molecular formula is C19H36N2. The topological polar surface area (TPSA) is 28.7 Å². The Bertz CT molecular complexity index is 427. The molecule has 0 aliphatic rings. The maximum atomic E-state index is 5.01. The number of H-pyrrole nitrogens is 1. The molecule has 0 spiro atoms. The van der Waals surface area contributed by atoms with Crippen molar-refractivity contribution in [2.75, 3.05) is 0 Å². The normalized spacial score (nSPS) is 14.2. The third-order valence-electron chi connectivity index (χ3n) is 4.80. The van der Waals surface area contributed by atoms with E-state index in [-0.39, 0.29) is 5.41 Å². The van der Waals surface area contributed by atoms with E-state index in [9.17, 15) is 0 Å². The van der Waals surface area contributed by atoms with Crippen LogP contribution in [0.5, 0.6) is 0 Å². The van der Waals surface area contributed by atoms with Gasteiger partial charge >= 0.3 is 0 Å². The molecule has 0 aromatic carbocycles. The minimum atomic E-state index is 0.164. The van der Waals surface area contributed by atoms with Crippen molar-refractivity contribution >= 4 is 0 Å². The molecule has 21 heavy (non-hydrogen) atoms. The molecule has 0 fully saturated rings. The first-order chi connectivity index (χ1) is 9.70. The van der Waals surface area contributed by atoms with E-state index >= 15 is 0 Å². The van der Waals surface area contributed by atoms with E-state index < -0.39 is 0 Å². The van der Waals surface area contributed by atoms with Crippen LogP contribution in [0, 0.1) is 5.92 Å². The van der Waals surface area contributed by atoms with Gasteiger partial charge in [0.05, 0.1) is 5.69 Å². The number of aromatic amines is 1. The third-order valence-corrected chi connectivity index (χ3v) is 4.80. The van der Waals surface area contributed by atoms with Gasteiger partial charge in [-0.25, -0.2) is 4.98 Å². The van der Waals surface area contributed by atoms with E-state index in [1.165, 1.54) is 37.1 Å². The fourth-order valence-corrected chi connectivity index (χ4v) is 2.79. The number of nitrogens with zero attached hydrogens (tertiary/aromatic N) is 1. The third kappa shape index (κ3) is 4.59. The van der Waals surface area contributed by atoms with Crippen LogP contribution in [0.2, 0.25) is 0 Å². The molecule has 0 amide bonds. The van der Waals surface area contributed by atoms with Crippen LogP contribution in [0.3, 0.4) is 0 Å². The Morgan fingerprint density at radius 3 is 2.14 bits per heavy atom. The quantitative estimate of drug-likeness (QED) is 0.572. The zero-order valence-corrected chi connectivity index (χ0v) is 15.5.